The van der Waals surface area contributed by atoms with Gasteiger partial charge in [0, 0.05) is 25.7 Å². The van der Waals surface area contributed by atoms with E-state index in [4.69, 9.17) is 0 Å². The molecule has 0 radical (unpaired) electrons. The molecule has 1 N–H and O–H groups in total. The van der Waals surface area contributed by atoms with Gasteiger partial charge in [0.05, 0.1) is 0 Å². The van der Waals surface area contributed by atoms with Crippen LogP contribution in [0.3, 0.4) is 0 Å². The molecule has 2 aliphatic heterocycles. The van der Waals surface area contributed by atoms with Crippen LogP contribution in [0.2, 0.25) is 0 Å². The van der Waals surface area contributed by atoms with Crippen LogP contribution in [-0.4, -0.2) is 37.1 Å². The average Bonchev–Trinajstić information content (AvgIpc) is 2.78. The Morgan fingerprint density at radius 2 is 2.05 bits per heavy atom. The summed E-state index contributed by atoms with van der Waals surface area (Å²) in [5, 5.41) is 3.71. The highest BCUT2D eigenvalue weighted by atomic mass is 15.2. The first-order chi connectivity index (χ1) is 9.31. The van der Waals surface area contributed by atoms with Crippen LogP contribution in [0.15, 0.2) is 30.3 Å². The van der Waals surface area contributed by atoms with Crippen molar-refractivity contribution in [1.82, 2.24) is 10.2 Å². The molecule has 3 atom stereocenters. The van der Waals surface area contributed by atoms with Crippen LogP contribution in [-0.2, 0) is 6.42 Å². The lowest BCUT2D eigenvalue weighted by molar-refractivity contribution is 0.244. The first-order valence-electron chi connectivity index (χ1n) is 7.81. The molecule has 1 aromatic carbocycles. The monoisotopic (exact) mass is 258 g/mol. The Labute approximate surface area is 117 Å². The second-order valence-electron chi connectivity index (χ2n) is 6.45. The number of hydrogen-bond donors (Lipinski definition) is 1. The molecule has 0 aromatic heterocycles. The van der Waals surface area contributed by atoms with E-state index < -0.39 is 0 Å². The quantitative estimate of drug-likeness (QED) is 0.896. The summed E-state index contributed by atoms with van der Waals surface area (Å²) in [6, 6.07) is 11.6. The summed E-state index contributed by atoms with van der Waals surface area (Å²) in [6.07, 6.45) is 3.99. The minimum atomic E-state index is 0.751. The summed E-state index contributed by atoms with van der Waals surface area (Å²) in [5.74, 6) is 1.78. The molecule has 0 bridgehead atoms. The second-order valence-corrected chi connectivity index (χ2v) is 6.45. The van der Waals surface area contributed by atoms with Crippen molar-refractivity contribution in [2.45, 2.75) is 32.2 Å². The maximum atomic E-state index is 3.71. The summed E-state index contributed by atoms with van der Waals surface area (Å²) in [7, 11) is 0. The largest absolute Gasteiger partial charge is 0.312 e. The van der Waals surface area contributed by atoms with Gasteiger partial charge in [-0.3, -0.25) is 0 Å². The fourth-order valence-electron chi connectivity index (χ4n) is 3.82. The molecule has 0 saturated carbocycles. The van der Waals surface area contributed by atoms with Gasteiger partial charge in [0.1, 0.15) is 0 Å². The first-order valence-corrected chi connectivity index (χ1v) is 7.81. The van der Waals surface area contributed by atoms with Gasteiger partial charge in [-0.1, -0.05) is 37.3 Å². The van der Waals surface area contributed by atoms with Crippen molar-refractivity contribution in [2.75, 3.05) is 26.2 Å². The summed E-state index contributed by atoms with van der Waals surface area (Å²) < 4.78 is 0. The molecule has 2 saturated heterocycles. The van der Waals surface area contributed by atoms with Gasteiger partial charge >= 0.3 is 0 Å². The third-order valence-electron chi connectivity index (χ3n) is 4.78. The van der Waals surface area contributed by atoms with E-state index in [1.54, 1.807) is 0 Å². The van der Waals surface area contributed by atoms with Crippen LogP contribution in [0.4, 0.5) is 0 Å². The lowest BCUT2D eigenvalue weighted by Gasteiger charge is -2.25. The van der Waals surface area contributed by atoms with E-state index in [2.05, 4.69) is 47.5 Å². The summed E-state index contributed by atoms with van der Waals surface area (Å²) in [4.78, 5) is 2.68. The van der Waals surface area contributed by atoms with Crippen molar-refractivity contribution < 1.29 is 0 Å². The number of likely N-dealkylation sites (tertiary alicyclic amines) is 1. The first kappa shape index (κ1) is 13.1. The number of rotatable bonds is 3. The standard InChI is InChI=1S/C17H26N2/c1-14-11-16-7-9-18-17(16)13-19(12-14)10-8-15-5-3-2-4-6-15/h2-6,14,16-18H,7-13H2,1H3/t14?,16?,17-/m1/s1. The molecular weight excluding hydrogens is 232 g/mol. The van der Waals surface area contributed by atoms with E-state index >= 15 is 0 Å². The summed E-state index contributed by atoms with van der Waals surface area (Å²) in [6.45, 7) is 7.40. The van der Waals surface area contributed by atoms with Crippen LogP contribution in [0.1, 0.15) is 25.3 Å². The van der Waals surface area contributed by atoms with Gasteiger partial charge in [0.2, 0.25) is 0 Å². The minimum Gasteiger partial charge on any atom is -0.312 e. The highest BCUT2D eigenvalue weighted by Gasteiger charge is 2.32. The predicted octanol–water partition coefficient (Wildman–Crippen LogP) is 2.55. The molecule has 104 valence electrons. The van der Waals surface area contributed by atoms with Crippen molar-refractivity contribution in [2.24, 2.45) is 11.8 Å². The van der Waals surface area contributed by atoms with Crippen molar-refractivity contribution in [3.8, 4) is 0 Å². The molecule has 0 spiro atoms. The second kappa shape index (κ2) is 6.06. The molecule has 2 heteroatoms. The highest BCUT2D eigenvalue weighted by Crippen LogP contribution is 2.28. The predicted molar refractivity (Wildman–Crippen MR) is 80.3 cm³/mol. The smallest absolute Gasteiger partial charge is 0.0223 e. The molecule has 0 aliphatic carbocycles. The van der Waals surface area contributed by atoms with Gasteiger partial charge in [-0.15, -0.1) is 0 Å². The number of hydrogen-bond acceptors (Lipinski definition) is 2. The zero-order valence-electron chi connectivity index (χ0n) is 12.0. The Bertz CT molecular complexity index is 390. The molecule has 19 heavy (non-hydrogen) atoms. The lowest BCUT2D eigenvalue weighted by Crippen LogP contribution is -2.39. The fraction of sp³-hybridized carbons (Fsp3) is 0.647. The highest BCUT2D eigenvalue weighted by molar-refractivity contribution is 5.14. The summed E-state index contributed by atoms with van der Waals surface area (Å²) >= 11 is 0. The molecule has 0 amide bonds. The van der Waals surface area contributed by atoms with Crippen LogP contribution in [0, 0.1) is 11.8 Å². The molecule has 2 nitrogen and oxygen atoms in total. The van der Waals surface area contributed by atoms with Crippen molar-refractivity contribution in [3.05, 3.63) is 35.9 Å². The Hall–Kier alpha value is -0.860. The van der Waals surface area contributed by atoms with Gasteiger partial charge in [-0.05, 0) is 43.2 Å². The number of benzene rings is 1. The fourth-order valence-corrected chi connectivity index (χ4v) is 3.82. The van der Waals surface area contributed by atoms with E-state index in [-0.39, 0.29) is 0 Å². The van der Waals surface area contributed by atoms with Gasteiger partial charge in [0.15, 0.2) is 0 Å². The van der Waals surface area contributed by atoms with Crippen LogP contribution < -0.4 is 5.32 Å². The third kappa shape index (κ3) is 3.37. The number of nitrogens with zero attached hydrogens (tertiary/aromatic N) is 1. The van der Waals surface area contributed by atoms with Gasteiger partial charge in [-0.25, -0.2) is 0 Å². The van der Waals surface area contributed by atoms with Crippen molar-refractivity contribution in [3.63, 3.8) is 0 Å². The molecule has 2 unspecified atom stereocenters. The van der Waals surface area contributed by atoms with E-state index in [0.717, 1.165) is 17.9 Å². The average molecular weight is 258 g/mol. The number of fused-ring (bicyclic) bond motifs is 1. The molecule has 1 aromatic rings. The Kier molecular flexibility index (Phi) is 4.19. The van der Waals surface area contributed by atoms with Crippen LogP contribution in [0.5, 0.6) is 0 Å². The SMILES string of the molecule is CC1CC2CCN[C@@H]2CN(CCc2ccccc2)C1. The summed E-state index contributed by atoms with van der Waals surface area (Å²) in [5.41, 5.74) is 1.47. The topological polar surface area (TPSA) is 15.3 Å². The Morgan fingerprint density at radius 3 is 2.89 bits per heavy atom. The Morgan fingerprint density at radius 1 is 1.21 bits per heavy atom. The molecule has 3 rings (SSSR count). The molecule has 2 fully saturated rings. The van der Waals surface area contributed by atoms with E-state index in [1.807, 2.05) is 0 Å². The van der Waals surface area contributed by atoms with Gasteiger partial charge in [0.25, 0.3) is 0 Å². The molecule has 2 heterocycles. The minimum absolute atomic E-state index is 0.751. The van der Waals surface area contributed by atoms with Gasteiger partial charge < -0.3 is 10.2 Å². The maximum Gasteiger partial charge on any atom is 0.0223 e. The normalized spacial score (nSPS) is 31.9. The molecular formula is C17H26N2. The zero-order chi connectivity index (χ0) is 13.1. The van der Waals surface area contributed by atoms with Crippen LogP contribution >= 0.6 is 0 Å². The van der Waals surface area contributed by atoms with E-state index in [9.17, 15) is 0 Å². The maximum absolute atomic E-state index is 3.71. The lowest BCUT2D eigenvalue weighted by atomic mass is 9.92. The van der Waals surface area contributed by atoms with E-state index in [0.29, 0.717) is 0 Å². The number of nitrogens with one attached hydrogen (secondary N) is 1. The van der Waals surface area contributed by atoms with Crippen LogP contribution in [0.25, 0.3) is 0 Å². The third-order valence-corrected chi connectivity index (χ3v) is 4.78. The zero-order valence-corrected chi connectivity index (χ0v) is 12.0. The Balaban J connectivity index is 1.57. The molecule has 2 aliphatic rings. The van der Waals surface area contributed by atoms with E-state index in [1.165, 1.54) is 51.0 Å². The van der Waals surface area contributed by atoms with Crippen molar-refractivity contribution >= 4 is 0 Å². The van der Waals surface area contributed by atoms with Crippen molar-refractivity contribution in [1.29, 1.82) is 0 Å². The van der Waals surface area contributed by atoms with Gasteiger partial charge in [-0.2, -0.15) is 0 Å².